The number of nitrogens with zero attached hydrogens (tertiary/aromatic N) is 5. The Bertz CT molecular complexity index is 1090. The second-order valence-electron chi connectivity index (χ2n) is 8.14. The van der Waals surface area contributed by atoms with Crippen LogP contribution in [0.15, 0.2) is 42.0 Å². The van der Waals surface area contributed by atoms with Crippen molar-refractivity contribution in [1.82, 2.24) is 35.0 Å². The van der Waals surface area contributed by atoms with Gasteiger partial charge in [0.25, 0.3) is 0 Å². The molecule has 3 aromatic rings. The number of halogens is 1. The van der Waals surface area contributed by atoms with Crippen LogP contribution in [-0.2, 0) is 0 Å². The van der Waals surface area contributed by atoms with Gasteiger partial charge in [-0.2, -0.15) is 0 Å². The van der Waals surface area contributed by atoms with E-state index in [2.05, 4.69) is 30.5 Å². The number of fused-ring (bicyclic) bond motifs is 2. The van der Waals surface area contributed by atoms with Crippen LogP contribution in [0, 0.1) is 0 Å². The molecule has 0 amide bonds. The van der Waals surface area contributed by atoms with E-state index in [0.29, 0.717) is 23.5 Å². The summed E-state index contributed by atoms with van der Waals surface area (Å²) in [5, 5.41) is 11.4. The van der Waals surface area contributed by atoms with E-state index < -0.39 is 17.8 Å². The van der Waals surface area contributed by atoms with Crippen LogP contribution < -0.4 is 15.5 Å². The van der Waals surface area contributed by atoms with Gasteiger partial charge in [0.2, 0.25) is 0 Å². The lowest BCUT2D eigenvalue weighted by Gasteiger charge is -2.49. The van der Waals surface area contributed by atoms with Gasteiger partial charge < -0.3 is 15.0 Å². The summed E-state index contributed by atoms with van der Waals surface area (Å²) in [7, 11) is 0. The average molecular weight is 411 g/mol. The zero-order valence-corrected chi connectivity index (χ0v) is 16.5. The SMILES string of the molecule is C[C@@]12CCC[C@@H](C[C@H](Oc3ncc(-c4c[nH]c(-n5ccnc5)cc4=O)nn3)[C@H]1F)N2. The molecule has 2 aliphatic heterocycles. The molecular formula is C20H22FN7O2. The van der Waals surface area contributed by atoms with Gasteiger partial charge in [0.15, 0.2) is 11.6 Å². The molecule has 10 heteroatoms. The molecule has 2 fully saturated rings. The maximum Gasteiger partial charge on any atom is 0.336 e. The highest BCUT2D eigenvalue weighted by Crippen LogP contribution is 2.37. The van der Waals surface area contributed by atoms with E-state index in [0.717, 1.165) is 19.3 Å². The third-order valence-corrected chi connectivity index (χ3v) is 5.99. The summed E-state index contributed by atoms with van der Waals surface area (Å²) in [6.07, 6.45) is 9.51. The second kappa shape index (κ2) is 7.28. The molecule has 5 heterocycles. The number of hydrogen-bond acceptors (Lipinski definition) is 7. The van der Waals surface area contributed by atoms with Crippen LogP contribution in [0.25, 0.3) is 17.1 Å². The zero-order valence-electron chi connectivity index (χ0n) is 16.5. The van der Waals surface area contributed by atoms with Crippen molar-refractivity contribution in [3.8, 4) is 23.1 Å². The van der Waals surface area contributed by atoms with Crippen LogP contribution in [0.5, 0.6) is 6.01 Å². The number of ether oxygens (including phenoxy) is 1. The fraction of sp³-hybridized carbons (Fsp3) is 0.450. The zero-order chi connectivity index (χ0) is 20.7. The standard InChI is InChI=1S/C20H22FN7O2/c1-20-4-2-3-12(25-20)7-16(18(20)21)30-19-24-10-14(26-27-19)13-9-23-17(8-15(13)29)28-6-5-22-11-28/h5-6,8-12,16,18,25H,2-4,7H2,1H3,(H,23,29)/t12-,16-,18+,20+/m0/s1. The Morgan fingerprint density at radius 1 is 1.37 bits per heavy atom. The summed E-state index contributed by atoms with van der Waals surface area (Å²) in [6.45, 7) is 1.90. The molecule has 2 bridgehead atoms. The minimum atomic E-state index is -1.16. The summed E-state index contributed by atoms with van der Waals surface area (Å²) in [6, 6.07) is 1.70. The first-order valence-electron chi connectivity index (χ1n) is 10.0. The minimum Gasteiger partial charge on any atom is -0.456 e. The Balaban J connectivity index is 1.33. The summed E-state index contributed by atoms with van der Waals surface area (Å²) < 4.78 is 22.5. The maximum absolute atomic E-state index is 15.0. The summed E-state index contributed by atoms with van der Waals surface area (Å²) in [5.41, 5.74) is -0.168. The number of H-pyrrole nitrogens is 1. The number of piperidine rings is 2. The van der Waals surface area contributed by atoms with Crippen molar-refractivity contribution in [3.63, 3.8) is 0 Å². The lowest BCUT2D eigenvalue weighted by Crippen LogP contribution is -2.66. The molecule has 156 valence electrons. The van der Waals surface area contributed by atoms with E-state index in [1.807, 2.05) is 6.92 Å². The Hall–Kier alpha value is -3.14. The Morgan fingerprint density at radius 2 is 2.27 bits per heavy atom. The van der Waals surface area contributed by atoms with Gasteiger partial charge in [-0.15, -0.1) is 5.10 Å². The van der Waals surface area contributed by atoms with Crippen LogP contribution in [0.4, 0.5) is 4.39 Å². The largest absolute Gasteiger partial charge is 0.456 e. The normalized spacial score (nSPS) is 28.3. The van der Waals surface area contributed by atoms with Gasteiger partial charge >= 0.3 is 6.01 Å². The van der Waals surface area contributed by atoms with Crippen LogP contribution in [0.2, 0.25) is 0 Å². The molecule has 2 N–H and O–H groups in total. The molecule has 0 radical (unpaired) electrons. The van der Waals surface area contributed by atoms with E-state index in [1.165, 1.54) is 12.3 Å². The molecule has 0 spiro atoms. The predicted molar refractivity (Wildman–Crippen MR) is 106 cm³/mol. The molecule has 30 heavy (non-hydrogen) atoms. The first-order valence-corrected chi connectivity index (χ1v) is 10.0. The quantitative estimate of drug-likeness (QED) is 0.673. The molecule has 2 aliphatic rings. The number of alkyl halides is 1. The number of imidazole rings is 1. The summed E-state index contributed by atoms with van der Waals surface area (Å²) >= 11 is 0. The smallest absolute Gasteiger partial charge is 0.336 e. The van der Waals surface area contributed by atoms with Crippen LogP contribution in [-0.4, -0.2) is 53.6 Å². The molecule has 3 aromatic heterocycles. The molecule has 5 rings (SSSR count). The van der Waals surface area contributed by atoms with E-state index >= 15 is 4.39 Å². The number of aromatic amines is 1. The molecule has 0 unspecified atom stereocenters. The van der Waals surface area contributed by atoms with Crippen LogP contribution in [0.3, 0.4) is 0 Å². The second-order valence-corrected chi connectivity index (χ2v) is 8.14. The van der Waals surface area contributed by atoms with Crippen molar-refractivity contribution in [1.29, 1.82) is 0 Å². The average Bonchev–Trinajstić information content (AvgIpc) is 3.28. The van der Waals surface area contributed by atoms with Gasteiger partial charge in [-0.05, 0) is 26.2 Å². The topological polar surface area (TPSA) is 111 Å². The van der Waals surface area contributed by atoms with E-state index in [9.17, 15) is 4.79 Å². The van der Waals surface area contributed by atoms with Gasteiger partial charge in [-0.25, -0.2) is 14.4 Å². The van der Waals surface area contributed by atoms with E-state index in [1.54, 1.807) is 29.5 Å². The third kappa shape index (κ3) is 3.36. The van der Waals surface area contributed by atoms with Crippen molar-refractivity contribution in [2.75, 3.05) is 0 Å². The molecule has 4 atom stereocenters. The van der Waals surface area contributed by atoms with Gasteiger partial charge in [0.05, 0.1) is 17.3 Å². The van der Waals surface area contributed by atoms with E-state index in [4.69, 9.17) is 4.74 Å². The Morgan fingerprint density at radius 3 is 3.00 bits per heavy atom. The van der Waals surface area contributed by atoms with Crippen molar-refractivity contribution in [2.45, 2.75) is 56.5 Å². The monoisotopic (exact) mass is 411 g/mol. The number of hydrogen-bond donors (Lipinski definition) is 2. The van der Waals surface area contributed by atoms with Gasteiger partial charge in [-0.3, -0.25) is 9.36 Å². The molecule has 0 aliphatic carbocycles. The lowest BCUT2D eigenvalue weighted by atomic mass is 9.75. The molecule has 0 saturated carbocycles. The Kier molecular flexibility index (Phi) is 4.58. The highest BCUT2D eigenvalue weighted by Gasteiger charge is 2.49. The van der Waals surface area contributed by atoms with Crippen molar-refractivity contribution >= 4 is 0 Å². The first kappa shape index (κ1) is 18.9. The molecule has 9 nitrogen and oxygen atoms in total. The maximum atomic E-state index is 15.0. The fourth-order valence-electron chi connectivity index (χ4n) is 4.43. The highest BCUT2D eigenvalue weighted by atomic mass is 19.1. The van der Waals surface area contributed by atoms with E-state index in [-0.39, 0.29) is 17.5 Å². The number of pyridine rings is 1. The highest BCUT2D eigenvalue weighted by molar-refractivity contribution is 5.57. The van der Waals surface area contributed by atoms with Crippen LogP contribution in [0.1, 0.15) is 32.6 Å². The van der Waals surface area contributed by atoms with Gasteiger partial charge in [0, 0.05) is 37.1 Å². The molecule has 0 aromatic carbocycles. The van der Waals surface area contributed by atoms with Crippen molar-refractivity contribution in [2.24, 2.45) is 0 Å². The summed E-state index contributed by atoms with van der Waals surface area (Å²) in [5.74, 6) is 0.584. The van der Waals surface area contributed by atoms with Crippen molar-refractivity contribution in [3.05, 3.63) is 47.4 Å². The number of aromatic nitrogens is 6. The first-order chi connectivity index (χ1) is 14.5. The molecular weight excluding hydrogens is 389 g/mol. The number of nitrogens with one attached hydrogen (secondary N) is 2. The Labute approximate surface area is 171 Å². The van der Waals surface area contributed by atoms with Gasteiger partial charge in [-0.1, -0.05) is 5.10 Å². The number of rotatable bonds is 4. The molecule has 2 saturated heterocycles. The predicted octanol–water partition coefficient (Wildman–Crippen LogP) is 1.80. The van der Waals surface area contributed by atoms with Crippen LogP contribution >= 0.6 is 0 Å². The lowest BCUT2D eigenvalue weighted by molar-refractivity contribution is -0.0367. The summed E-state index contributed by atoms with van der Waals surface area (Å²) in [4.78, 5) is 23.6. The van der Waals surface area contributed by atoms with Gasteiger partial charge in [0.1, 0.15) is 23.9 Å². The minimum absolute atomic E-state index is 0.0152. The fourth-order valence-corrected chi connectivity index (χ4v) is 4.43. The van der Waals surface area contributed by atoms with Crippen molar-refractivity contribution < 1.29 is 9.13 Å². The third-order valence-electron chi connectivity index (χ3n) is 5.99.